The molecular formula is C22H32Cl2O4. The van der Waals surface area contributed by atoms with Gasteiger partial charge in [0.05, 0.1) is 11.6 Å². The predicted molar refractivity (Wildman–Crippen MR) is 114 cm³/mol. The molecule has 0 unspecified atom stereocenters. The van der Waals surface area contributed by atoms with Gasteiger partial charge in [-0.05, 0) is 49.8 Å². The van der Waals surface area contributed by atoms with E-state index >= 15 is 0 Å². The molecule has 1 aromatic rings. The highest BCUT2D eigenvalue weighted by Crippen LogP contribution is 2.27. The maximum atomic E-state index is 11.8. The second-order valence-electron chi connectivity index (χ2n) is 7.43. The summed E-state index contributed by atoms with van der Waals surface area (Å²) < 4.78 is 10.5. The predicted octanol–water partition coefficient (Wildman–Crippen LogP) is 7.00. The van der Waals surface area contributed by atoms with E-state index in [-0.39, 0.29) is 11.9 Å². The first kappa shape index (κ1) is 24.8. The third-order valence-electron chi connectivity index (χ3n) is 4.32. The van der Waals surface area contributed by atoms with E-state index in [1.807, 2.05) is 0 Å². The van der Waals surface area contributed by atoms with E-state index in [2.05, 4.69) is 13.8 Å². The first-order valence-electron chi connectivity index (χ1n) is 10.2. The highest BCUT2D eigenvalue weighted by molar-refractivity contribution is 6.35. The zero-order valence-electron chi connectivity index (χ0n) is 17.0. The average molecular weight is 431 g/mol. The molecule has 158 valence electrons. The molecule has 0 spiro atoms. The highest BCUT2D eigenvalue weighted by atomic mass is 35.5. The van der Waals surface area contributed by atoms with Crippen molar-refractivity contribution in [1.29, 1.82) is 0 Å². The van der Waals surface area contributed by atoms with Crippen LogP contribution in [0.3, 0.4) is 0 Å². The first-order valence-corrected chi connectivity index (χ1v) is 11.0. The molecule has 1 aromatic carbocycles. The van der Waals surface area contributed by atoms with Gasteiger partial charge in [-0.3, -0.25) is 9.59 Å². The van der Waals surface area contributed by atoms with Gasteiger partial charge in [0.1, 0.15) is 5.75 Å². The van der Waals surface area contributed by atoms with Crippen LogP contribution in [0, 0.1) is 5.92 Å². The van der Waals surface area contributed by atoms with Crippen molar-refractivity contribution in [3.05, 3.63) is 28.2 Å². The van der Waals surface area contributed by atoms with Gasteiger partial charge in [-0.25, -0.2) is 0 Å². The molecule has 0 heterocycles. The van der Waals surface area contributed by atoms with Gasteiger partial charge >= 0.3 is 11.9 Å². The fraction of sp³-hybridized carbons (Fsp3) is 0.636. The zero-order chi connectivity index (χ0) is 20.8. The van der Waals surface area contributed by atoms with Gasteiger partial charge in [0.2, 0.25) is 0 Å². The molecule has 0 saturated carbocycles. The fourth-order valence-electron chi connectivity index (χ4n) is 2.73. The summed E-state index contributed by atoms with van der Waals surface area (Å²) >= 11 is 11.8. The van der Waals surface area contributed by atoms with E-state index in [1.54, 1.807) is 18.2 Å². The van der Waals surface area contributed by atoms with Crippen LogP contribution in [0.4, 0.5) is 0 Å². The van der Waals surface area contributed by atoms with Crippen LogP contribution < -0.4 is 4.74 Å². The first-order chi connectivity index (χ1) is 13.4. The quantitative estimate of drug-likeness (QED) is 0.181. The normalized spacial score (nSPS) is 10.9. The lowest BCUT2D eigenvalue weighted by Crippen LogP contribution is -2.07. The topological polar surface area (TPSA) is 52.6 Å². The molecule has 1 rings (SSSR count). The lowest BCUT2D eigenvalue weighted by Gasteiger charge is -2.07. The summed E-state index contributed by atoms with van der Waals surface area (Å²) in [5, 5.41) is 0.837. The second-order valence-corrected chi connectivity index (χ2v) is 8.27. The summed E-state index contributed by atoms with van der Waals surface area (Å²) in [6.07, 6.45) is 8.59. The van der Waals surface area contributed by atoms with Crippen LogP contribution in [0.2, 0.25) is 10.0 Å². The Hall–Kier alpha value is -1.26. The molecule has 0 amide bonds. The van der Waals surface area contributed by atoms with Crippen molar-refractivity contribution >= 4 is 35.1 Å². The number of esters is 2. The minimum atomic E-state index is -0.288. The Morgan fingerprint density at radius 3 is 2.11 bits per heavy atom. The van der Waals surface area contributed by atoms with Crippen LogP contribution in [-0.4, -0.2) is 18.5 Å². The van der Waals surface area contributed by atoms with Crippen LogP contribution in [0.25, 0.3) is 0 Å². The summed E-state index contributed by atoms with van der Waals surface area (Å²) in [5.41, 5.74) is 0. The van der Waals surface area contributed by atoms with Crippen molar-refractivity contribution in [1.82, 2.24) is 0 Å². The van der Waals surface area contributed by atoms with E-state index in [0.717, 1.165) is 51.4 Å². The van der Waals surface area contributed by atoms with E-state index < -0.39 is 0 Å². The number of rotatable bonds is 14. The van der Waals surface area contributed by atoms with Crippen LogP contribution >= 0.6 is 23.2 Å². The zero-order valence-corrected chi connectivity index (χ0v) is 18.5. The van der Waals surface area contributed by atoms with Gasteiger partial charge in [-0.2, -0.15) is 0 Å². The molecule has 0 radical (unpaired) electrons. The Kier molecular flexibility index (Phi) is 13.0. The van der Waals surface area contributed by atoms with Gasteiger partial charge in [0, 0.05) is 17.9 Å². The lowest BCUT2D eigenvalue weighted by molar-refractivity contribution is -0.144. The molecule has 0 saturated heterocycles. The highest BCUT2D eigenvalue weighted by Gasteiger charge is 2.09. The van der Waals surface area contributed by atoms with Gasteiger partial charge in [-0.1, -0.05) is 62.7 Å². The van der Waals surface area contributed by atoms with Gasteiger partial charge in [-0.15, -0.1) is 0 Å². The number of unbranched alkanes of at least 4 members (excludes halogenated alkanes) is 5. The number of halogens is 2. The van der Waals surface area contributed by atoms with Crippen LogP contribution in [0.1, 0.15) is 78.1 Å². The number of hydrogen-bond acceptors (Lipinski definition) is 4. The van der Waals surface area contributed by atoms with Crippen LogP contribution in [-0.2, 0) is 14.3 Å². The Morgan fingerprint density at radius 1 is 0.893 bits per heavy atom. The summed E-state index contributed by atoms with van der Waals surface area (Å²) in [5.74, 6) is 0.611. The number of carbonyl (C=O) groups is 2. The van der Waals surface area contributed by atoms with Crippen molar-refractivity contribution in [3.63, 3.8) is 0 Å². The van der Waals surface area contributed by atoms with Crippen molar-refractivity contribution < 1.29 is 19.1 Å². The Morgan fingerprint density at radius 2 is 1.50 bits per heavy atom. The summed E-state index contributed by atoms with van der Waals surface area (Å²) in [4.78, 5) is 23.4. The largest absolute Gasteiger partial charge is 0.466 e. The standard InChI is InChI=1S/C22H32Cl2O4/c1-17(2)10-9-15-27-21(25)11-7-5-3-4-6-8-12-22(26)28-20-14-13-18(23)16-19(20)24/h13-14,16-17H,3-12,15H2,1-2H3. The third kappa shape index (κ3) is 12.2. The molecule has 4 nitrogen and oxygen atoms in total. The van der Waals surface area contributed by atoms with Crippen molar-refractivity contribution in [2.75, 3.05) is 6.61 Å². The average Bonchev–Trinajstić information content (AvgIpc) is 2.63. The summed E-state index contributed by atoms with van der Waals surface area (Å²) in [6, 6.07) is 4.78. The minimum absolute atomic E-state index is 0.0904. The fourth-order valence-corrected chi connectivity index (χ4v) is 3.17. The van der Waals surface area contributed by atoms with Gasteiger partial charge in [0.15, 0.2) is 0 Å². The summed E-state index contributed by atoms with van der Waals surface area (Å²) in [7, 11) is 0. The smallest absolute Gasteiger partial charge is 0.311 e. The third-order valence-corrected chi connectivity index (χ3v) is 4.85. The Labute approximate surface area is 178 Å². The summed E-state index contributed by atoms with van der Waals surface area (Å²) in [6.45, 7) is 4.87. The van der Waals surface area contributed by atoms with E-state index in [4.69, 9.17) is 32.7 Å². The lowest BCUT2D eigenvalue weighted by atomic mass is 10.1. The van der Waals surface area contributed by atoms with Crippen LogP contribution in [0.15, 0.2) is 18.2 Å². The molecular weight excluding hydrogens is 399 g/mol. The number of benzene rings is 1. The maximum Gasteiger partial charge on any atom is 0.311 e. The molecule has 0 bridgehead atoms. The molecule has 6 heteroatoms. The minimum Gasteiger partial charge on any atom is -0.466 e. The van der Waals surface area contributed by atoms with Crippen LogP contribution in [0.5, 0.6) is 5.75 Å². The van der Waals surface area contributed by atoms with Crippen molar-refractivity contribution in [2.24, 2.45) is 5.92 Å². The molecule has 0 aliphatic carbocycles. The number of hydrogen-bond donors (Lipinski definition) is 0. The van der Waals surface area contributed by atoms with Gasteiger partial charge in [0.25, 0.3) is 0 Å². The molecule has 28 heavy (non-hydrogen) atoms. The van der Waals surface area contributed by atoms with Crippen molar-refractivity contribution in [3.8, 4) is 5.75 Å². The van der Waals surface area contributed by atoms with Gasteiger partial charge < -0.3 is 9.47 Å². The maximum absolute atomic E-state index is 11.8. The molecule has 0 fully saturated rings. The van der Waals surface area contributed by atoms with E-state index in [1.165, 1.54) is 0 Å². The SMILES string of the molecule is CC(C)CCCOC(=O)CCCCCCCCC(=O)Oc1ccc(Cl)cc1Cl. The molecule has 0 atom stereocenters. The number of ether oxygens (including phenoxy) is 2. The van der Waals surface area contributed by atoms with E-state index in [9.17, 15) is 9.59 Å². The monoisotopic (exact) mass is 430 g/mol. The Balaban J connectivity index is 1.97. The molecule has 0 N–H and O–H groups in total. The number of carbonyl (C=O) groups excluding carboxylic acids is 2. The molecule has 0 aliphatic heterocycles. The molecule has 0 aliphatic rings. The van der Waals surface area contributed by atoms with E-state index in [0.29, 0.717) is 41.2 Å². The second kappa shape index (κ2) is 14.7. The molecule has 0 aromatic heterocycles. The Bertz CT molecular complexity index is 602. The van der Waals surface area contributed by atoms with Crippen molar-refractivity contribution in [2.45, 2.75) is 78.1 Å².